The zero-order valence-electron chi connectivity index (χ0n) is 9.43. The van der Waals surface area contributed by atoms with E-state index in [1.54, 1.807) is 0 Å². The van der Waals surface area contributed by atoms with Crippen molar-refractivity contribution in [3.05, 3.63) is 11.6 Å². The van der Waals surface area contributed by atoms with Gasteiger partial charge in [-0.05, 0) is 25.7 Å². The first kappa shape index (κ1) is 10.2. The molecule has 0 aliphatic carbocycles. The van der Waals surface area contributed by atoms with Crippen molar-refractivity contribution in [2.75, 3.05) is 6.61 Å². The lowest BCUT2D eigenvalue weighted by atomic mass is 10.1. The van der Waals surface area contributed by atoms with Crippen molar-refractivity contribution in [2.24, 2.45) is 5.73 Å². The van der Waals surface area contributed by atoms with Crippen LogP contribution in [0.1, 0.15) is 43.4 Å². The molecule has 5 heteroatoms. The van der Waals surface area contributed by atoms with Gasteiger partial charge in [0.15, 0.2) is 5.82 Å². The molecule has 0 spiro atoms. The molecule has 0 aromatic carbocycles. The van der Waals surface area contributed by atoms with Crippen LogP contribution in [0.4, 0.5) is 0 Å². The number of hydrogen-bond donors (Lipinski definition) is 1. The molecule has 0 saturated carbocycles. The number of rotatable bonds is 1. The van der Waals surface area contributed by atoms with Gasteiger partial charge in [-0.3, -0.25) is 0 Å². The van der Waals surface area contributed by atoms with E-state index in [1.807, 2.05) is 0 Å². The molecule has 2 aliphatic rings. The summed E-state index contributed by atoms with van der Waals surface area (Å²) in [5.74, 6) is 2.05. The minimum absolute atomic E-state index is 0.157. The highest BCUT2D eigenvalue weighted by molar-refractivity contribution is 5.04. The van der Waals surface area contributed by atoms with E-state index in [9.17, 15) is 0 Å². The van der Waals surface area contributed by atoms with E-state index in [1.165, 1.54) is 12.8 Å². The highest BCUT2D eigenvalue weighted by Gasteiger charge is 2.26. The second-order valence-electron chi connectivity index (χ2n) is 4.73. The topological polar surface area (TPSA) is 66.0 Å². The number of aromatic nitrogens is 3. The summed E-state index contributed by atoms with van der Waals surface area (Å²) in [5, 5.41) is 8.52. The zero-order valence-corrected chi connectivity index (χ0v) is 9.43. The minimum atomic E-state index is 0.157. The van der Waals surface area contributed by atoms with Gasteiger partial charge in [-0.2, -0.15) is 0 Å². The van der Waals surface area contributed by atoms with Crippen LogP contribution in [0.25, 0.3) is 0 Å². The summed E-state index contributed by atoms with van der Waals surface area (Å²) in [6, 6.07) is 0.247. The minimum Gasteiger partial charge on any atom is -0.370 e. The average Bonchev–Trinajstić information content (AvgIpc) is 2.73. The third-order valence-electron chi connectivity index (χ3n) is 3.49. The molecular weight excluding hydrogens is 204 g/mol. The molecule has 3 rings (SSSR count). The summed E-state index contributed by atoms with van der Waals surface area (Å²) < 4.78 is 7.97. The fourth-order valence-corrected chi connectivity index (χ4v) is 2.56. The molecule has 2 aliphatic heterocycles. The molecule has 0 amide bonds. The van der Waals surface area contributed by atoms with Gasteiger partial charge in [0.1, 0.15) is 11.9 Å². The van der Waals surface area contributed by atoms with Crippen molar-refractivity contribution in [2.45, 2.75) is 50.8 Å². The lowest BCUT2D eigenvalue weighted by Gasteiger charge is -2.25. The number of nitrogens with two attached hydrogens (primary N) is 1. The number of nitrogens with zero attached hydrogens (tertiary/aromatic N) is 3. The van der Waals surface area contributed by atoms with Crippen LogP contribution in [0, 0.1) is 0 Å². The Morgan fingerprint density at radius 2 is 2.19 bits per heavy atom. The highest BCUT2D eigenvalue weighted by Crippen LogP contribution is 2.28. The molecule has 1 aromatic rings. The van der Waals surface area contributed by atoms with Gasteiger partial charge in [-0.25, -0.2) is 0 Å². The normalized spacial score (nSPS) is 30.1. The standard InChI is InChI=1S/C11H18N4O/c12-8-4-5-15-10(7-8)13-14-11(15)9-3-1-2-6-16-9/h8-9H,1-7,12H2. The number of fused-ring (bicyclic) bond motifs is 1. The summed E-state index contributed by atoms with van der Waals surface area (Å²) in [7, 11) is 0. The smallest absolute Gasteiger partial charge is 0.162 e. The van der Waals surface area contributed by atoms with Crippen molar-refractivity contribution in [1.82, 2.24) is 14.8 Å². The Kier molecular flexibility index (Phi) is 2.65. The summed E-state index contributed by atoms with van der Waals surface area (Å²) in [6.45, 7) is 1.80. The molecule has 2 atom stereocenters. The molecule has 1 fully saturated rings. The molecule has 3 heterocycles. The van der Waals surface area contributed by atoms with Gasteiger partial charge in [-0.1, -0.05) is 0 Å². The molecule has 2 N–H and O–H groups in total. The zero-order chi connectivity index (χ0) is 11.0. The quantitative estimate of drug-likeness (QED) is 0.763. The van der Waals surface area contributed by atoms with E-state index < -0.39 is 0 Å². The van der Waals surface area contributed by atoms with Gasteiger partial charge in [0.05, 0.1) is 0 Å². The first-order valence-electron chi connectivity index (χ1n) is 6.14. The van der Waals surface area contributed by atoms with Crippen LogP contribution in [0.5, 0.6) is 0 Å². The fraction of sp³-hybridized carbons (Fsp3) is 0.818. The average molecular weight is 222 g/mol. The maximum atomic E-state index is 5.92. The van der Waals surface area contributed by atoms with Crippen LogP contribution in [-0.4, -0.2) is 27.4 Å². The Labute approximate surface area is 95.0 Å². The molecule has 0 bridgehead atoms. The summed E-state index contributed by atoms with van der Waals surface area (Å²) in [4.78, 5) is 0. The van der Waals surface area contributed by atoms with Crippen molar-refractivity contribution in [3.63, 3.8) is 0 Å². The third-order valence-corrected chi connectivity index (χ3v) is 3.49. The third kappa shape index (κ3) is 1.74. The Balaban J connectivity index is 1.85. The maximum absolute atomic E-state index is 5.92. The van der Waals surface area contributed by atoms with Gasteiger partial charge in [0.25, 0.3) is 0 Å². The van der Waals surface area contributed by atoms with Gasteiger partial charge in [-0.15, -0.1) is 10.2 Å². The molecule has 1 saturated heterocycles. The number of hydrogen-bond acceptors (Lipinski definition) is 4. The van der Waals surface area contributed by atoms with E-state index in [-0.39, 0.29) is 12.1 Å². The Hall–Kier alpha value is -0.940. The monoisotopic (exact) mass is 222 g/mol. The molecular formula is C11H18N4O. The van der Waals surface area contributed by atoms with E-state index in [0.717, 1.165) is 44.1 Å². The maximum Gasteiger partial charge on any atom is 0.162 e. The lowest BCUT2D eigenvalue weighted by molar-refractivity contribution is 0.00673. The predicted octanol–water partition coefficient (Wildman–Crippen LogP) is 0.793. The first-order chi connectivity index (χ1) is 7.84. The Morgan fingerprint density at radius 3 is 3.00 bits per heavy atom. The Bertz CT molecular complexity index is 370. The molecule has 16 heavy (non-hydrogen) atoms. The molecule has 2 unspecified atom stereocenters. The van der Waals surface area contributed by atoms with E-state index >= 15 is 0 Å². The van der Waals surface area contributed by atoms with Crippen LogP contribution in [-0.2, 0) is 17.7 Å². The van der Waals surface area contributed by atoms with Crippen molar-refractivity contribution in [1.29, 1.82) is 0 Å². The second kappa shape index (κ2) is 4.14. The molecule has 88 valence electrons. The highest BCUT2D eigenvalue weighted by atomic mass is 16.5. The Morgan fingerprint density at radius 1 is 1.25 bits per heavy atom. The van der Waals surface area contributed by atoms with Crippen molar-refractivity contribution < 1.29 is 4.74 Å². The van der Waals surface area contributed by atoms with Crippen LogP contribution in [0.3, 0.4) is 0 Å². The summed E-state index contributed by atoms with van der Waals surface area (Å²) in [6.07, 6.45) is 5.49. The molecule has 0 radical (unpaired) electrons. The van der Waals surface area contributed by atoms with Crippen LogP contribution < -0.4 is 5.73 Å². The molecule has 1 aromatic heterocycles. The van der Waals surface area contributed by atoms with Gasteiger partial charge in [0, 0.05) is 25.6 Å². The van der Waals surface area contributed by atoms with Crippen molar-refractivity contribution >= 4 is 0 Å². The van der Waals surface area contributed by atoms with E-state index in [0.29, 0.717) is 0 Å². The number of ether oxygens (including phenoxy) is 1. The lowest BCUT2D eigenvalue weighted by Crippen LogP contribution is -2.32. The largest absolute Gasteiger partial charge is 0.370 e. The fourth-order valence-electron chi connectivity index (χ4n) is 2.56. The summed E-state index contributed by atoms with van der Waals surface area (Å²) >= 11 is 0. The first-order valence-corrected chi connectivity index (χ1v) is 6.14. The van der Waals surface area contributed by atoms with Crippen molar-refractivity contribution in [3.8, 4) is 0 Å². The van der Waals surface area contributed by atoms with Gasteiger partial charge in [0.2, 0.25) is 0 Å². The van der Waals surface area contributed by atoms with Gasteiger partial charge >= 0.3 is 0 Å². The second-order valence-corrected chi connectivity index (χ2v) is 4.73. The van der Waals surface area contributed by atoms with Crippen LogP contribution in [0.2, 0.25) is 0 Å². The van der Waals surface area contributed by atoms with Gasteiger partial charge < -0.3 is 15.0 Å². The van der Waals surface area contributed by atoms with Crippen LogP contribution >= 0.6 is 0 Å². The van der Waals surface area contributed by atoms with E-state index in [4.69, 9.17) is 10.5 Å². The summed E-state index contributed by atoms with van der Waals surface area (Å²) in [5.41, 5.74) is 5.92. The predicted molar refractivity (Wildman–Crippen MR) is 58.9 cm³/mol. The van der Waals surface area contributed by atoms with Crippen LogP contribution in [0.15, 0.2) is 0 Å². The molecule has 5 nitrogen and oxygen atoms in total. The SMILES string of the molecule is NC1CCn2c(nnc2C2CCCCO2)C1. The van der Waals surface area contributed by atoms with E-state index in [2.05, 4.69) is 14.8 Å².